The molecule has 4 heterocycles. The van der Waals surface area contributed by atoms with Crippen LogP contribution in [0.5, 0.6) is 0 Å². The molecule has 0 atom stereocenters. The van der Waals surface area contributed by atoms with Crippen molar-refractivity contribution in [2.75, 3.05) is 25.5 Å². The monoisotopic (exact) mass is 366 g/mol. The van der Waals surface area contributed by atoms with Crippen LogP contribution in [0.2, 0.25) is 0 Å². The van der Waals surface area contributed by atoms with Gasteiger partial charge in [-0.2, -0.15) is 9.36 Å². The molecule has 0 bridgehead atoms. The second-order valence-corrected chi connectivity index (χ2v) is 7.52. The molecule has 6 nitrogen and oxygen atoms in total. The van der Waals surface area contributed by atoms with E-state index in [4.69, 9.17) is 0 Å². The average Bonchev–Trinajstić information content (AvgIpc) is 3.12. The summed E-state index contributed by atoms with van der Waals surface area (Å²) in [4.78, 5) is 15.9. The highest BCUT2D eigenvalue weighted by Gasteiger charge is 2.18. The van der Waals surface area contributed by atoms with Gasteiger partial charge in [-0.15, -0.1) is 0 Å². The van der Waals surface area contributed by atoms with Gasteiger partial charge in [0.25, 0.3) is 0 Å². The molecule has 1 aliphatic heterocycles. The summed E-state index contributed by atoms with van der Waals surface area (Å²) in [6.45, 7) is 4.33. The van der Waals surface area contributed by atoms with E-state index in [2.05, 4.69) is 42.7 Å². The third-order valence-corrected chi connectivity index (χ3v) is 5.49. The zero-order valence-corrected chi connectivity index (χ0v) is 15.8. The molecule has 0 unspecified atom stereocenters. The molecule has 1 N–H and O–H groups in total. The standard InChI is InChI=1S/C19H22N6S/c1-13-4-3-9-20-17(13)18-23-19(26-24-18)22-16-6-5-15(12-21-16)14-7-10-25(2)11-8-14/h3-6,9,12,14H,7-8,10-11H2,1-2H3,(H,21,22,23,24). The van der Waals surface area contributed by atoms with Crippen LogP contribution < -0.4 is 5.32 Å². The third-order valence-electron chi connectivity index (χ3n) is 4.86. The fourth-order valence-corrected chi connectivity index (χ4v) is 3.84. The average molecular weight is 366 g/mol. The van der Waals surface area contributed by atoms with Gasteiger partial charge in [0, 0.05) is 23.9 Å². The Morgan fingerprint density at radius 3 is 2.73 bits per heavy atom. The summed E-state index contributed by atoms with van der Waals surface area (Å²) in [7, 11) is 2.18. The maximum atomic E-state index is 4.57. The summed E-state index contributed by atoms with van der Waals surface area (Å²) in [6, 6.07) is 8.14. The van der Waals surface area contributed by atoms with Gasteiger partial charge in [0.05, 0.1) is 0 Å². The van der Waals surface area contributed by atoms with Gasteiger partial charge in [0.2, 0.25) is 5.13 Å². The number of hydrogen-bond acceptors (Lipinski definition) is 7. The van der Waals surface area contributed by atoms with E-state index in [0.29, 0.717) is 11.7 Å². The fraction of sp³-hybridized carbons (Fsp3) is 0.368. The normalized spacial score (nSPS) is 15.9. The minimum atomic E-state index is 0.619. The Bertz CT molecular complexity index is 868. The molecule has 0 saturated carbocycles. The van der Waals surface area contributed by atoms with E-state index in [1.165, 1.54) is 29.9 Å². The number of nitrogens with zero attached hydrogens (tertiary/aromatic N) is 5. The van der Waals surface area contributed by atoms with Gasteiger partial charge < -0.3 is 10.2 Å². The van der Waals surface area contributed by atoms with Crippen LogP contribution in [0.1, 0.15) is 29.9 Å². The lowest BCUT2D eigenvalue weighted by atomic mass is 9.91. The van der Waals surface area contributed by atoms with Crippen molar-refractivity contribution < 1.29 is 0 Å². The lowest BCUT2D eigenvalue weighted by Crippen LogP contribution is -2.29. The molecule has 0 aliphatic carbocycles. The summed E-state index contributed by atoms with van der Waals surface area (Å²) in [6.07, 6.45) is 6.16. The van der Waals surface area contributed by atoms with Gasteiger partial charge in [-0.1, -0.05) is 12.1 Å². The van der Waals surface area contributed by atoms with Gasteiger partial charge in [-0.05, 0) is 69.1 Å². The van der Waals surface area contributed by atoms with E-state index < -0.39 is 0 Å². The third kappa shape index (κ3) is 3.73. The first-order valence-electron chi connectivity index (χ1n) is 8.86. The van der Waals surface area contributed by atoms with Crippen LogP contribution in [0.25, 0.3) is 11.5 Å². The molecule has 1 aliphatic rings. The van der Waals surface area contributed by atoms with Crippen LogP contribution in [-0.2, 0) is 0 Å². The minimum Gasteiger partial charge on any atom is -0.315 e. The summed E-state index contributed by atoms with van der Waals surface area (Å²) in [5, 5.41) is 3.97. The maximum absolute atomic E-state index is 4.57. The highest BCUT2D eigenvalue weighted by Crippen LogP contribution is 2.28. The number of anilines is 2. The second-order valence-electron chi connectivity index (χ2n) is 6.77. The number of likely N-dealkylation sites (tertiary alicyclic amines) is 1. The first-order valence-corrected chi connectivity index (χ1v) is 9.63. The SMILES string of the molecule is Cc1cccnc1-c1nsc(Nc2ccc(C3CCN(C)CC3)cn2)n1. The molecule has 0 aromatic carbocycles. The van der Waals surface area contributed by atoms with Crippen LogP contribution in [0.4, 0.5) is 10.9 Å². The lowest BCUT2D eigenvalue weighted by molar-refractivity contribution is 0.255. The maximum Gasteiger partial charge on any atom is 0.208 e. The molecule has 1 saturated heterocycles. The number of hydrogen-bond donors (Lipinski definition) is 1. The predicted molar refractivity (Wildman–Crippen MR) is 105 cm³/mol. The Morgan fingerprint density at radius 2 is 2.00 bits per heavy atom. The molecular formula is C19H22N6S. The first kappa shape index (κ1) is 17.1. The van der Waals surface area contributed by atoms with Crippen LogP contribution >= 0.6 is 11.5 Å². The van der Waals surface area contributed by atoms with Crippen molar-refractivity contribution in [3.63, 3.8) is 0 Å². The molecule has 134 valence electrons. The molecule has 7 heteroatoms. The van der Waals surface area contributed by atoms with Gasteiger partial charge in [-0.25, -0.2) is 4.98 Å². The number of aryl methyl sites for hydroxylation is 1. The summed E-state index contributed by atoms with van der Waals surface area (Å²) < 4.78 is 4.41. The zero-order chi connectivity index (χ0) is 17.9. The van der Waals surface area contributed by atoms with E-state index in [-0.39, 0.29) is 0 Å². The van der Waals surface area contributed by atoms with E-state index >= 15 is 0 Å². The van der Waals surface area contributed by atoms with Crippen molar-refractivity contribution in [3.05, 3.63) is 47.8 Å². The Morgan fingerprint density at radius 1 is 1.15 bits per heavy atom. The first-order chi connectivity index (χ1) is 12.7. The molecule has 0 amide bonds. The Labute approximate surface area is 157 Å². The molecule has 0 spiro atoms. The van der Waals surface area contributed by atoms with Crippen LogP contribution in [0, 0.1) is 6.92 Å². The summed E-state index contributed by atoms with van der Waals surface area (Å²) >= 11 is 1.32. The molecule has 3 aromatic heterocycles. The highest BCUT2D eigenvalue weighted by molar-refractivity contribution is 7.09. The Hall–Kier alpha value is -2.38. The van der Waals surface area contributed by atoms with E-state index in [0.717, 1.165) is 35.3 Å². The van der Waals surface area contributed by atoms with Crippen molar-refractivity contribution in [1.82, 2.24) is 24.2 Å². The molecule has 3 aromatic rings. The quantitative estimate of drug-likeness (QED) is 0.756. The van der Waals surface area contributed by atoms with Gasteiger partial charge >= 0.3 is 0 Å². The predicted octanol–water partition coefficient (Wildman–Crippen LogP) is 3.86. The zero-order valence-electron chi connectivity index (χ0n) is 15.0. The Balaban J connectivity index is 1.44. The number of piperidine rings is 1. The number of rotatable bonds is 4. The lowest BCUT2D eigenvalue weighted by Gasteiger charge is -2.29. The van der Waals surface area contributed by atoms with E-state index in [1.54, 1.807) is 6.20 Å². The highest BCUT2D eigenvalue weighted by atomic mass is 32.1. The smallest absolute Gasteiger partial charge is 0.208 e. The summed E-state index contributed by atoms with van der Waals surface area (Å²) in [5.41, 5.74) is 3.21. The molecule has 26 heavy (non-hydrogen) atoms. The van der Waals surface area contributed by atoms with Crippen molar-refractivity contribution in [2.45, 2.75) is 25.7 Å². The van der Waals surface area contributed by atoms with Gasteiger partial charge in [-0.3, -0.25) is 4.98 Å². The number of aromatic nitrogens is 4. The van der Waals surface area contributed by atoms with E-state index in [9.17, 15) is 0 Å². The second kappa shape index (κ2) is 7.47. The molecule has 0 radical (unpaired) electrons. The molecular weight excluding hydrogens is 344 g/mol. The van der Waals surface area contributed by atoms with Crippen molar-refractivity contribution in [2.24, 2.45) is 0 Å². The van der Waals surface area contributed by atoms with Crippen molar-refractivity contribution >= 4 is 22.5 Å². The topological polar surface area (TPSA) is 66.8 Å². The van der Waals surface area contributed by atoms with Crippen LogP contribution in [0.3, 0.4) is 0 Å². The van der Waals surface area contributed by atoms with Crippen LogP contribution in [0.15, 0.2) is 36.7 Å². The Kier molecular flexibility index (Phi) is 4.90. The largest absolute Gasteiger partial charge is 0.315 e. The van der Waals surface area contributed by atoms with Crippen molar-refractivity contribution in [1.29, 1.82) is 0 Å². The van der Waals surface area contributed by atoms with Gasteiger partial charge in [0.1, 0.15) is 11.5 Å². The fourth-order valence-electron chi connectivity index (χ4n) is 3.26. The number of pyridine rings is 2. The molecule has 1 fully saturated rings. The molecule has 4 rings (SSSR count). The minimum absolute atomic E-state index is 0.619. The summed E-state index contributed by atoms with van der Waals surface area (Å²) in [5.74, 6) is 2.06. The number of nitrogens with one attached hydrogen (secondary N) is 1. The van der Waals surface area contributed by atoms with Crippen molar-refractivity contribution in [3.8, 4) is 11.5 Å². The van der Waals surface area contributed by atoms with Gasteiger partial charge in [0.15, 0.2) is 5.82 Å². The van der Waals surface area contributed by atoms with Crippen LogP contribution in [-0.4, -0.2) is 44.4 Å². The van der Waals surface area contributed by atoms with E-state index in [1.807, 2.05) is 31.3 Å².